The molecule has 0 saturated heterocycles. The van der Waals surface area contributed by atoms with E-state index in [9.17, 15) is 0 Å². The van der Waals surface area contributed by atoms with Crippen LogP contribution in [0, 0.1) is 0 Å². The zero-order chi connectivity index (χ0) is 99.5. The van der Waals surface area contributed by atoms with Crippen molar-refractivity contribution in [3.8, 4) is 34.5 Å². The topological polar surface area (TPSA) is 72.7 Å². The van der Waals surface area contributed by atoms with Gasteiger partial charge in [0.25, 0.3) is 0 Å². The molecule has 0 N–H and O–H groups in total. The van der Waals surface area contributed by atoms with Crippen LogP contribution >= 0.6 is 15.9 Å². The molecule has 141 heavy (non-hydrogen) atoms. The molecule has 0 unspecified atom stereocenters. The first-order valence-electron chi connectivity index (χ1n) is 49.3. The second-order valence-corrected chi connectivity index (χ2v) is 69.7. The minimum atomic E-state index is -2.78. The molecule has 0 heterocycles. The van der Waals surface area contributed by atoms with E-state index in [0.717, 1.165) is 69.5 Å². The Kier molecular flexibility index (Phi) is 38.9. The van der Waals surface area contributed by atoms with E-state index in [2.05, 4.69) is 525 Å². The Morgan fingerprint density at radius 3 is 0.674 bits per heavy atom. The maximum atomic E-state index is 7.38. The summed E-state index contributed by atoms with van der Waals surface area (Å²) in [5, 5.41) is 9.74. The second kappa shape index (κ2) is 50.1. The molecule has 16 heteroatoms. The smallest absolute Gasteiger partial charge is 0.668 e. The van der Waals surface area contributed by atoms with Crippen LogP contribution in [0.1, 0.15) is 123 Å². The molecule has 0 radical (unpaired) electrons. The number of halogens is 1. The van der Waals surface area contributed by atoms with E-state index in [1.54, 1.807) is 0 Å². The molecule has 16 aromatic rings. The van der Waals surface area contributed by atoms with E-state index in [-0.39, 0.29) is 71.5 Å². The number of anilines is 1. The number of benzene rings is 16. The van der Waals surface area contributed by atoms with Gasteiger partial charge in [-0.1, -0.05) is 519 Å². The van der Waals surface area contributed by atoms with Crippen molar-refractivity contribution in [1.29, 1.82) is 0 Å². The zero-order valence-corrected chi connectivity index (χ0v) is 97.1. The summed E-state index contributed by atoms with van der Waals surface area (Å²) >= 11 is 3.41. The van der Waals surface area contributed by atoms with Gasteiger partial charge < -0.3 is 36.7 Å². The fraction of sp³-hybridized carbons (Fsp3) is 0.232. The van der Waals surface area contributed by atoms with E-state index < -0.39 is 49.7 Å². The summed E-state index contributed by atoms with van der Waals surface area (Å²) in [6.45, 7) is 44.1. The Balaban J connectivity index is 0.000000205. The zero-order valence-electron chi connectivity index (χ0n) is 86.4. The summed E-state index contributed by atoms with van der Waals surface area (Å²) in [4.78, 5) is 2.42. The molecule has 0 spiro atoms. The summed E-state index contributed by atoms with van der Waals surface area (Å²) in [5.74, 6) is 5.34. The predicted octanol–water partition coefficient (Wildman–Crippen LogP) is 26.2. The van der Waals surface area contributed by atoms with Gasteiger partial charge in [-0.25, -0.2) is 0 Å². The fourth-order valence-electron chi connectivity index (χ4n) is 19.1. The third-order valence-electron chi connectivity index (χ3n) is 25.3. The van der Waals surface area contributed by atoms with E-state index in [0.29, 0.717) is 26.3 Å². The molecule has 0 aromatic heterocycles. The van der Waals surface area contributed by atoms with Crippen LogP contribution in [0.3, 0.4) is 0 Å². The molecule has 0 aliphatic heterocycles. The molecule has 0 bridgehead atoms. The average Bonchev–Trinajstić information content (AvgIpc) is 0.754. The summed E-state index contributed by atoms with van der Waals surface area (Å²) in [7, 11) is -13.1. The SMILES string of the molecule is Brc1cccc(OCc2ccccc2)c1.CC(C)(C)[Si](Oc1ccc(CCCc2ccc(O[Si](c3ccccc3)(c3ccccc3)C(C)(C)C)cc2)cc1)(c1ccccc1)c1ccccc1.CC(C)(C)[Si](Oc1ccc(CN(Cc2ccc(O[Si](c3ccccc3)(c3ccccc3)C(C)(C)C)cc2)c2cccc(OCc3ccccc3)c2)cc1)(c1ccccc1)c1ccccc1.C[Si](C)(C)[N-][Si](C)(C)C.[K+]. The van der Waals surface area contributed by atoms with E-state index in [1.165, 1.54) is 69.3 Å². The van der Waals surface area contributed by atoms with Gasteiger partial charge in [0.15, 0.2) is 0 Å². The largest absolute Gasteiger partial charge is 1.00 e. The van der Waals surface area contributed by atoms with Crippen LogP contribution in [0.2, 0.25) is 59.4 Å². The maximum absolute atomic E-state index is 7.38. The van der Waals surface area contributed by atoms with Gasteiger partial charge in [0.1, 0.15) is 47.7 Å². The molecule has 0 atom stereocenters. The molecule has 8 nitrogen and oxygen atoms in total. The Bertz CT molecular complexity index is 5940. The Hall–Kier alpha value is -10.5. The number of nitrogens with zero attached hydrogens (tertiary/aromatic N) is 2. The van der Waals surface area contributed by atoms with Crippen LogP contribution in [0.4, 0.5) is 5.69 Å². The van der Waals surface area contributed by atoms with Crippen molar-refractivity contribution in [2.75, 3.05) is 4.90 Å². The first-order chi connectivity index (χ1) is 67.0. The van der Waals surface area contributed by atoms with Crippen LogP contribution in [0.15, 0.2) is 453 Å². The average molecular weight is 2060 g/mol. The summed E-state index contributed by atoms with van der Waals surface area (Å²) in [5.41, 5.74) is 8.42. The monoisotopic (exact) mass is 2050 g/mol. The first kappa shape index (κ1) is 109. The van der Waals surface area contributed by atoms with E-state index in [1.807, 2.05) is 66.7 Å². The maximum Gasteiger partial charge on any atom is 1.00 e. The molecule has 0 aliphatic carbocycles. The summed E-state index contributed by atoms with van der Waals surface area (Å²) in [6, 6.07) is 159. The molecule has 16 aromatic carbocycles. The van der Waals surface area contributed by atoms with Crippen LogP contribution in [-0.4, -0.2) is 49.7 Å². The van der Waals surface area contributed by atoms with Crippen LogP contribution in [-0.2, 0) is 39.1 Å². The Morgan fingerprint density at radius 1 is 0.234 bits per heavy atom. The number of aryl methyl sites for hydroxylation is 2. The number of hydrogen-bond donors (Lipinski definition) is 0. The van der Waals surface area contributed by atoms with Gasteiger partial charge in [-0.15, -0.1) is 0 Å². The van der Waals surface area contributed by atoms with E-state index >= 15 is 0 Å². The summed E-state index contributed by atoms with van der Waals surface area (Å²) in [6.07, 6.45) is 3.10. The first-order valence-corrected chi connectivity index (χ1v) is 64.6. The Morgan fingerprint density at radius 2 is 0.454 bits per heavy atom. The summed E-state index contributed by atoms with van der Waals surface area (Å²) < 4.78 is 47.1. The van der Waals surface area contributed by atoms with E-state index in [4.69, 9.17) is 31.8 Å². The van der Waals surface area contributed by atoms with Crippen molar-refractivity contribution >= 4 is 113 Å². The minimum absolute atomic E-state index is 0. The van der Waals surface area contributed by atoms with Crippen molar-refractivity contribution < 1.29 is 78.6 Å². The van der Waals surface area contributed by atoms with Crippen molar-refractivity contribution in [3.63, 3.8) is 0 Å². The normalized spacial score (nSPS) is 12.0. The number of ether oxygens (including phenoxy) is 2. The second-order valence-electron chi connectivity index (χ2n) is 42.3. The van der Waals surface area contributed by atoms with Gasteiger partial charge in [-0.2, -0.15) is 0 Å². The van der Waals surface area contributed by atoms with Crippen LogP contribution in [0.25, 0.3) is 4.65 Å². The molecule has 0 saturated carbocycles. The van der Waals surface area contributed by atoms with Gasteiger partial charge >= 0.3 is 84.7 Å². The number of rotatable bonds is 33. The van der Waals surface area contributed by atoms with Gasteiger partial charge in [0.2, 0.25) is 0 Å². The van der Waals surface area contributed by atoms with Gasteiger partial charge in [0.05, 0.1) is 0 Å². The minimum Gasteiger partial charge on any atom is -0.668 e. The molecule has 720 valence electrons. The third-order valence-corrected chi connectivity index (χ3v) is 50.9. The molecule has 0 fully saturated rings. The molecule has 16 rings (SSSR count). The van der Waals surface area contributed by atoms with Gasteiger partial charge in [0, 0.05) is 29.3 Å². The van der Waals surface area contributed by atoms with Gasteiger partial charge in [-0.05, 0) is 193 Å². The Labute approximate surface area is 901 Å². The quantitative estimate of drug-likeness (QED) is 0.0380. The van der Waals surface area contributed by atoms with Crippen molar-refractivity contribution in [3.05, 3.63) is 491 Å². The predicted molar refractivity (Wildman–Crippen MR) is 613 cm³/mol. The number of hydrogen-bond acceptors (Lipinski definition) is 7. The van der Waals surface area contributed by atoms with Crippen molar-refractivity contribution in [2.24, 2.45) is 0 Å². The standard InChI is InChI=1S/C59H61NO3Si2.C47H52O2Si2.C13H11BrO.C6H18NSi2.K/c1-58(2,3)64(54-27-14-8-15-28-54,55-29-16-9-17-30-55)62-51-39-35-47(36-40-51)44-60(50-25-22-26-53(43-50)61-46-49-23-12-7-13-24-49)45-48-37-41-52(42-38-48)63-65(59(4,5)6,56-31-18-10-19-32-56)57-33-20-11-21-34-57;1-46(2,3)50(42-22-11-7-12-23-42,43-24-13-8-14-25-43)48-40-34-30-38(31-35-40)20-19-21-39-32-36-41(37-33-39)49-51(47(4,5)6,44-26-15-9-16-27-44)45-28-17-10-18-29-45;14-12-7-4-8-13(9-12)15-10-11-5-2-1-3-6-11;1-8(2,3)7-9(4,5)6;/h7-43H,44-46H2,1-6H3;7-18,22-37H,19-21H2,1-6H3;1-9H,10H2;1-6H3;/q;;;-1;+1. The van der Waals surface area contributed by atoms with Crippen LogP contribution in [0.5, 0.6) is 34.5 Å². The molecular weight excluding hydrogens is 1910 g/mol. The molecule has 0 amide bonds. The van der Waals surface area contributed by atoms with Gasteiger partial charge in [-0.3, -0.25) is 0 Å². The van der Waals surface area contributed by atoms with Crippen molar-refractivity contribution in [1.82, 2.24) is 0 Å². The molecule has 0 aliphatic rings. The van der Waals surface area contributed by atoms with Crippen molar-refractivity contribution in [2.45, 2.75) is 188 Å². The fourth-order valence-corrected chi connectivity index (χ4v) is 45.2. The van der Waals surface area contributed by atoms with Crippen LogP contribution < -0.4 is 125 Å². The molecular formula is C125H142BrKN2O6Si6. The third kappa shape index (κ3) is 29.4.